The van der Waals surface area contributed by atoms with Gasteiger partial charge in [0.1, 0.15) is 11.6 Å². The number of carbonyl (C=O) groups excluding carboxylic acids is 2. The highest BCUT2D eigenvalue weighted by molar-refractivity contribution is 6.64. The van der Waals surface area contributed by atoms with E-state index in [1.165, 1.54) is 6.07 Å². The Labute approximate surface area is 89.8 Å². The van der Waals surface area contributed by atoms with Crippen molar-refractivity contribution in [3.63, 3.8) is 0 Å². The van der Waals surface area contributed by atoms with Crippen LogP contribution in [0.1, 0.15) is 16.8 Å². The maximum Gasteiger partial charge on any atom is 0.262 e. The quantitative estimate of drug-likeness (QED) is 0.690. The molecule has 1 unspecified atom stereocenters. The van der Waals surface area contributed by atoms with Gasteiger partial charge in [-0.25, -0.2) is 4.39 Å². The second-order valence-electron chi connectivity index (χ2n) is 3.18. The molecule has 0 aromatic heterocycles. The van der Waals surface area contributed by atoms with E-state index in [-0.39, 0.29) is 23.5 Å². The van der Waals surface area contributed by atoms with Crippen molar-refractivity contribution < 1.29 is 18.7 Å². The number of rotatable bonds is 1. The maximum atomic E-state index is 12.8. The molecule has 0 amide bonds. The Morgan fingerprint density at radius 3 is 2.93 bits per heavy atom. The first-order chi connectivity index (χ1) is 7.08. The standard InChI is InChI=1S/C10H6ClFO3/c11-10(14)9-4-7(13)6-3-5(12)1-2-8(6)15-9/h1-3,9H,4H2. The van der Waals surface area contributed by atoms with Gasteiger partial charge in [0.05, 0.1) is 12.0 Å². The summed E-state index contributed by atoms with van der Waals surface area (Å²) < 4.78 is 18.0. The van der Waals surface area contributed by atoms with Crippen molar-refractivity contribution in [1.82, 2.24) is 0 Å². The minimum absolute atomic E-state index is 0.140. The van der Waals surface area contributed by atoms with Crippen LogP contribution in [0.3, 0.4) is 0 Å². The molecule has 1 aliphatic rings. The molecule has 1 aliphatic heterocycles. The predicted octanol–water partition coefficient (Wildman–Crippen LogP) is 1.92. The Bertz CT molecular complexity index is 444. The molecule has 1 aromatic rings. The minimum Gasteiger partial charge on any atom is -0.480 e. The van der Waals surface area contributed by atoms with Crippen LogP contribution in [0.4, 0.5) is 4.39 Å². The number of hydrogen-bond acceptors (Lipinski definition) is 3. The molecule has 5 heteroatoms. The number of hydrogen-bond donors (Lipinski definition) is 0. The summed E-state index contributed by atoms with van der Waals surface area (Å²) in [5, 5.41) is -0.724. The van der Waals surface area contributed by atoms with E-state index in [0.717, 1.165) is 12.1 Å². The van der Waals surface area contributed by atoms with Crippen LogP contribution in [0.5, 0.6) is 5.75 Å². The number of Topliss-reactive ketones (excluding diaryl/α,β-unsaturated/α-hetero) is 1. The molecular formula is C10H6ClFO3. The fraction of sp³-hybridized carbons (Fsp3) is 0.200. The largest absolute Gasteiger partial charge is 0.480 e. The number of benzene rings is 1. The van der Waals surface area contributed by atoms with Crippen LogP contribution in [0, 0.1) is 5.82 Å². The van der Waals surface area contributed by atoms with Crippen molar-refractivity contribution in [3.05, 3.63) is 29.6 Å². The summed E-state index contributed by atoms with van der Waals surface area (Å²) in [6.45, 7) is 0. The second-order valence-corrected chi connectivity index (χ2v) is 3.55. The van der Waals surface area contributed by atoms with E-state index in [1.807, 2.05) is 0 Å². The monoisotopic (exact) mass is 228 g/mol. The first-order valence-corrected chi connectivity index (χ1v) is 4.64. The first kappa shape index (κ1) is 10.1. The zero-order valence-electron chi connectivity index (χ0n) is 7.50. The van der Waals surface area contributed by atoms with Gasteiger partial charge in [-0.1, -0.05) is 0 Å². The number of ether oxygens (including phenoxy) is 1. The third kappa shape index (κ3) is 1.85. The lowest BCUT2D eigenvalue weighted by atomic mass is 10.0. The van der Waals surface area contributed by atoms with Crippen molar-refractivity contribution >= 4 is 22.6 Å². The van der Waals surface area contributed by atoms with E-state index in [0.29, 0.717) is 0 Å². The third-order valence-electron chi connectivity index (χ3n) is 2.14. The molecule has 2 rings (SSSR count). The average Bonchev–Trinajstić information content (AvgIpc) is 2.18. The summed E-state index contributed by atoms with van der Waals surface area (Å²) in [4.78, 5) is 22.3. The Balaban J connectivity index is 2.41. The zero-order valence-corrected chi connectivity index (χ0v) is 8.25. The smallest absolute Gasteiger partial charge is 0.262 e. The van der Waals surface area contributed by atoms with Gasteiger partial charge < -0.3 is 4.74 Å². The summed E-state index contributed by atoms with van der Waals surface area (Å²) >= 11 is 5.23. The lowest BCUT2D eigenvalue weighted by Gasteiger charge is -2.22. The van der Waals surface area contributed by atoms with Crippen LogP contribution in [0.2, 0.25) is 0 Å². The van der Waals surface area contributed by atoms with Crippen LogP contribution >= 0.6 is 11.6 Å². The third-order valence-corrected chi connectivity index (χ3v) is 2.38. The van der Waals surface area contributed by atoms with Crippen molar-refractivity contribution in [2.75, 3.05) is 0 Å². The fourth-order valence-electron chi connectivity index (χ4n) is 1.42. The molecule has 1 heterocycles. The number of halogens is 2. The predicted molar refractivity (Wildman–Crippen MR) is 50.6 cm³/mol. The summed E-state index contributed by atoms with van der Waals surface area (Å²) in [5.41, 5.74) is 0.157. The van der Waals surface area contributed by atoms with Crippen molar-refractivity contribution in [2.24, 2.45) is 0 Å². The fourth-order valence-corrected chi connectivity index (χ4v) is 1.54. The Kier molecular flexibility index (Phi) is 2.44. The maximum absolute atomic E-state index is 12.8. The SMILES string of the molecule is O=C1CC(C(=O)Cl)Oc2ccc(F)cc21. The average molecular weight is 229 g/mol. The van der Waals surface area contributed by atoms with E-state index >= 15 is 0 Å². The molecule has 78 valence electrons. The lowest BCUT2D eigenvalue weighted by Crippen LogP contribution is -2.31. The molecule has 15 heavy (non-hydrogen) atoms. The van der Waals surface area contributed by atoms with E-state index in [4.69, 9.17) is 16.3 Å². The molecular weight excluding hydrogens is 223 g/mol. The van der Waals surface area contributed by atoms with Crippen molar-refractivity contribution in [2.45, 2.75) is 12.5 Å². The molecule has 0 bridgehead atoms. The van der Waals surface area contributed by atoms with Gasteiger partial charge in [0.25, 0.3) is 5.24 Å². The minimum atomic E-state index is -0.961. The highest BCUT2D eigenvalue weighted by Crippen LogP contribution is 2.28. The van der Waals surface area contributed by atoms with Crippen LogP contribution in [0.15, 0.2) is 18.2 Å². The van der Waals surface area contributed by atoms with Crippen LogP contribution in [-0.2, 0) is 4.79 Å². The van der Waals surface area contributed by atoms with Crippen LogP contribution in [-0.4, -0.2) is 17.1 Å². The van der Waals surface area contributed by atoms with Gasteiger partial charge in [0, 0.05) is 0 Å². The number of carbonyl (C=O) groups is 2. The van der Waals surface area contributed by atoms with E-state index in [9.17, 15) is 14.0 Å². The van der Waals surface area contributed by atoms with E-state index < -0.39 is 17.2 Å². The van der Waals surface area contributed by atoms with Crippen molar-refractivity contribution in [3.8, 4) is 5.75 Å². The summed E-state index contributed by atoms with van der Waals surface area (Å²) in [5.74, 6) is -0.650. The van der Waals surface area contributed by atoms with Crippen molar-refractivity contribution in [1.29, 1.82) is 0 Å². The van der Waals surface area contributed by atoms with Gasteiger partial charge >= 0.3 is 0 Å². The molecule has 0 spiro atoms. The van der Waals surface area contributed by atoms with Gasteiger partial charge in [0.2, 0.25) is 0 Å². The molecule has 0 radical (unpaired) electrons. The summed E-state index contributed by atoms with van der Waals surface area (Å²) in [6.07, 6.45) is -1.10. The summed E-state index contributed by atoms with van der Waals surface area (Å²) in [6, 6.07) is 3.56. The summed E-state index contributed by atoms with van der Waals surface area (Å²) in [7, 11) is 0. The highest BCUT2D eigenvalue weighted by atomic mass is 35.5. The Morgan fingerprint density at radius 1 is 1.53 bits per heavy atom. The number of fused-ring (bicyclic) bond motifs is 1. The molecule has 0 fully saturated rings. The molecule has 0 saturated carbocycles. The topological polar surface area (TPSA) is 43.4 Å². The molecule has 3 nitrogen and oxygen atoms in total. The molecule has 1 atom stereocenters. The normalized spacial score (nSPS) is 19.3. The number of ketones is 1. The molecule has 0 N–H and O–H groups in total. The molecule has 1 aromatic carbocycles. The van der Waals surface area contributed by atoms with Crippen LogP contribution < -0.4 is 4.74 Å². The lowest BCUT2D eigenvalue weighted by molar-refractivity contribution is -0.118. The molecule has 0 aliphatic carbocycles. The van der Waals surface area contributed by atoms with Gasteiger partial charge in [0.15, 0.2) is 11.9 Å². The van der Waals surface area contributed by atoms with E-state index in [2.05, 4.69) is 0 Å². The first-order valence-electron chi connectivity index (χ1n) is 4.26. The van der Waals surface area contributed by atoms with Gasteiger partial charge in [-0.05, 0) is 29.8 Å². The van der Waals surface area contributed by atoms with Gasteiger partial charge in [-0.3, -0.25) is 9.59 Å². The van der Waals surface area contributed by atoms with E-state index in [1.54, 1.807) is 0 Å². The Morgan fingerprint density at radius 2 is 2.27 bits per heavy atom. The molecule has 0 saturated heterocycles. The van der Waals surface area contributed by atoms with Gasteiger partial charge in [-0.15, -0.1) is 0 Å². The zero-order chi connectivity index (χ0) is 11.0. The van der Waals surface area contributed by atoms with Gasteiger partial charge in [-0.2, -0.15) is 0 Å². The second kappa shape index (κ2) is 3.62. The van der Waals surface area contributed by atoms with Crippen LogP contribution in [0.25, 0.3) is 0 Å². The Hall–Kier alpha value is -1.42. The highest BCUT2D eigenvalue weighted by Gasteiger charge is 2.30.